The predicted octanol–water partition coefficient (Wildman–Crippen LogP) is 2.21. The van der Waals surface area contributed by atoms with Gasteiger partial charge in [0.05, 0.1) is 17.6 Å². The molecule has 1 aromatic rings. The van der Waals surface area contributed by atoms with Crippen LogP contribution in [0.3, 0.4) is 0 Å². The molecule has 0 aliphatic carbocycles. The molecule has 1 unspecified atom stereocenters. The fraction of sp³-hybridized carbons (Fsp3) is 0.214. The number of hydrogen-bond donors (Lipinski definition) is 2. The number of carbonyl (C=O) groups excluding carboxylic acids is 2. The molecule has 5 nitrogen and oxygen atoms in total. The minimum atomic E-state index is -0.760. The van der Waals surface area contributed by atoms with E-state index in [-0.39, 0.29) is 23.8 Å². The summed E-state index contributed by atoms with van der Waals surface area (Å²) >= 11 is 5.76. The van der Waals surface area contributed by atoms with E-state index in [9.17, 15) is 9.59 Å². The Morgan fingerprint density at radius 1 is 1.45 bits per heavy atom. The number of rotatable bonds is 2. The quantitative estimate of drug-likeness (QED) is 0.876. The van der Waals surface area contributed by atoms with Gasteiger partial charge in [0.15, 0.2) is 0 Å². The average Bonchev–Trinajstić information content (AvgIpc) is 2.40. The number of nitrogens with one attached hydrogen (secondary N) is 2. The third-order valence-corrected chi connectivity index (χ3v) is 3.27. The summed E-state index contributed by atoms with van der Waals surface area (Å²) in [5.74, 6) is -1.40. The van der Waals surface area contributed by atoms with Crippen LogP contribution in [0.2, 0.25) is 5.02 Å². The fourth-order valence-corrected chi connectivity index (χ4v) is 2.15. The molecular weight excluding hydrogens is 278 g/mol. The Hall–Kier alpha value is -2.32. The van der Waals surface area contributed by atoms with Crippen molar-refractivity contribution < 1.29 is 9.59 Å². The normalized spacial score (nSPS) is 18.2. The highest BCUT2D eigenvalue weighted by atomic mass is 35.5. The number of anilines is 1. The van der Waals surface area contributed by atoms with Crippen molar-refractivity contribution in [3.05, 3.63) is 40.6 Å². The summed E-state index contributed by atoms with van der Waals surface area (Å²) in [5, 5.41) is 14.9. The van der Waals surface area contributed by atoms with Crippen LogP contribution in [0, 0.1) is 17.2 Å². The summed E-state index contributed by atoms with van der Waals surface area (Å²) in [6.45, 7) is 1.61. The number of amides is 2. The molecule has 20 heavy (non-hydrogen) atoms. The number of nitriles is 1. The Morgan fingerprint density at radius 2 is 2.10 bits per heavy atom. The van der Waals surface area contributed by atoms with E-state index >= 15 is 0 Å². The molecule has 0 spiro atoms. The monoisotopic (exact) mass is 289 g/mol. The topological polar surface area (TPSA) is 82.0 Å². The van der Waals surface area contributed by atoms with Gasteiger partial charge in [0.25, 0.3) is 0 Å². The molecular formula is C14H12ClN3O2. The molecule has 2 amide bonds. The van der Waals surface area contributed by atoms with E-state index in [4.69, 9.17) is 16.9 Å². The van der Waals surface area contributed by atoms with Crippen molar-refractivity contribution in [3.63, 3.8) is 0 Å². The zero-order valence-electron chi connectivity index (χ0n) is 10.7. The molecule has 1 aliphatic rings. The lowest BCUT2D eigenvalue weighted by atomic mass is 9.90. The second-order valence-electron chi connectivity index (χ2n) is 4.45. The van der Waals surface area contributed by atoms with Gasteiger partial charge in [-0.25, -0.2) is 0 Å². The fourth-order valence-electron chi connectivity index (χ4n) is 2.02. The van der Waals surface area contributed by atoms with Crippen LogP contribution >= 0.6 is 11.6 Å². The molecule has 1 atom stereocenters. The summed E-state index contributed by atoms with van der Waals surface area (Å²) in [6, 6.07) is 8.60. The van der Waals surface area contributed by atoms with Crippen LogP contribution < -0.4 is 10.6 Å². The van der Waals surface area contributed by atoms with Gasteiger partial charge < -0.3 is 10.6 Å². The first-order valence-corrected chi connectivity index (χ1v) is 6.36. The maximum absolute atomic E-state index is 12.2. The first kappa shape index (κ1) is 14.1. The molecule has 1 aliphatic heterocycles. The summed E-state index contributed by atoms with van der Waals surface area (Å²) in [7, 11) is 0. The second-order valence-corrected chi connectivity index (χ2v) is 4.89. The van der Waals surface area contributed by atoms with Crippen LogP contribution in [0.5, 0.6) is 0 Å². The van der Waals surface area contributed by atoms with Crippen molar-refractivity contribution in [1.82, 2.24) is 5.32 Å². The highest BCUT2D eigenvalue weighted by molar-refractivity contribution is 6.30. The predicted molar refractivity (Wildman–Crippen MR) is 74.6 cm³/mol. The molecule has 102 valence electrons. The highest BCUT2D eigenvalue weighted by Gasteiger charge is 2.31. The van der Waals surface area contributed by atoms with Crippen molar-refractivity contribution in [3.8, 4) is 6.07 Å². The number of benzene rings is 1. The maximum atomic E-state index is 12.2. The molecule has 0 aromatic heterocycles. The zero-order valence-corrected chi connectivity index (χ0v) is 11.5. The zero-order chi connectivity index (χ0) is 14.7. The molecule has 2 rings (SSSR count). The van der Waals surface area contributed by atoms with Crippen molar-refractivity contribution >= 4 is 29.1 Å². The van der Waals surface area contributed by atoms with E-state index in [1.54, 1.807) is 31.2 Å². The number of halogens is 1. The van der Waals surface area contributed by atoms with Crippen LogP contribution in [-0.4, -0.2) is 11.8 Å². The van der Waals surface area contributed by atoms with Gasteiger partial charge in [-0.05, 0) is 31.2 Å². The molecule has 6 heteroatoms. The maximum Gasteiger partial charge on any atom is 0.233 e. The molecule has 0 saturated heterocycles. The van der Waals surface area contributed by atoms with Crippen LogP contribution in [0.15, 0.2) is 35.5 Å². The first-order valence-electron chi connectivity index (χ1n) is 5.98. The van der Waals surface area contributed by atoms with E-state index in [1.165, 1.54) is 0 Å². The smallest absolute Gasteiger partial charge is 0.233 e. The van der Waals surface area contributed by atoms with Crippen LogP contribution in [-0.2, 0) is 9.59 Å². The SMILES string of the molecule is CC1=C(C#N)C(C(=O)Nc2ccc(Cl)cc2)CC(=O)N1. The van der Waals surface area contributed by atoms with Gasteiger partial charge in [-0.1, -0.05) is 11.6 Å². The van der Waals surface area contributed by atoms with Crippen molar-refractivity contribution in [2.45, 2.75) is 13.3 Å². The minimum absolute atomic E-state index is 0.0281. The van der Waals surface area contributed by atoms with E-state index < -0.39 is 5.92 Å². The third kappa shape index (κ3) is 2.98. The van der Waals surface area contributed by atoms with Crippen LogP contribution in [0.25, 0.3) is 0 Å². The summed E-state index contributed by atoms with van der Waals surface area (Å²) in [5.41, 5.74) is 1.29. The Morgan fingerprint density at radius 3 is 2.70 bits per heavy atom. The summed E-state index contributed by atoms with van der Waals surface area (Å²) in [6.07, 6.45) is -0.0281. The average molecular weight is 290 g/mol. The summed E-state index contributed by atoms with van der Waals surface area (Å²) < 4.78 is 0. The summed E-state index contributed by atoms with van der Waals surface area (Å²) in [4.78, 5) is 23.7. The van der Waals surface area contributed by atoms with Gasteiger partial charge in [-0.15, -0.1) is 0 Å². The van der Waals surface area contributed by atoms with Crippen molar-refractivity contribution in [2.24, 2.45) is 5.92 Å². The van der Waals surface area contributed by atoms with Crippen molar-refractivity contribution in [2.75, 3.05) is 5.32 Å². The molecule has 0 radical (unpaired) electrons. The Bertz CT molecular complexity index is 629. The minimum Gasteiger partial charge on any atom is -0.329 e. The van der Waals surface area contributed by atoms with Gasteiger partial charge >= 0.3 is 0 Å². The van der Waals surface area contributed by atoms with Crippen molar-refractivity contribution in [1.29, 1.82) is 5.26 Å². The van der Waals surface area contributed by atoms with Gasteiger partial charge in [0.2, 0.25) is 11.8 Å². The Labute approximate surface area is 121 Å². The Balaban J connectivity index is 2.20. The number of nitrogens with zero attached hydrogens (tertiary/aromatic N) is 1. The lowest BCUT2D eigenvalue weighted by Crippen LogP contribution is -2.37. The molecule has 0 saturated carbocycles. The number of carbonyl (C=O) groups is 2. The first-order chi connectivity index (χ1) is 9.51. The molecule has 1 heterocycles. The molecule has 0 bridgehead atoms. The van der Waals surface area contributed by atoms with E-state index in [1.807, 2.05) is 6.07 Å². The molecule has 1 aromatic carbocycles. The Kier molecular flexibility index (Phi) is 4.06. The second kappa shape index (κ2) is 5.76. The van der Waals surface area contributed by atoms with Gasteiger partial charge in [-0.3, -0.25) is 9.59 Å². The van der Waals surface area contributed by atoms with Gasteiger partial charge in [0, 0.05) is 22.8 Å². The molecule has 2 N–H and O–H groups in total. The number of allylic oxidation sites excluding steroid dienone is 1. The largest absolute Gasteiger partial charge is 0.329 e. The lowest BCUT2D eigenvalue weighted by molar-refractivity contribution is -0.126. The van der Waals surface area contributed by atoms with Gasteiger partial charge in [0.1, 0.15) is 0 Å². The van der Waals surface area contributed by atoms with E-state index in [2.05, 4.69) is 10.6 Å². The van der Waals surface area contributed by atoms with Gasteiger partial charge in [-0.2, -0.15) is 5.26 Å². The number of hydrogen-bond acceptors (Lipinski definition) is 3. The van der Waals surface area contributed by atoms with E-state index in [0.717, 1.165) is 0 Å². The lowest BCUT2D eigenvalue weighted by Gasteiger charge is -2.22. The highest BCUT2D eigenvalue weighted by Crippen LogP contribution is 2.24. The standard InChI is InChI=1S/C14H12ClN3O2/c1-8-12(7-16)11(6-13(19)17-8)14(20)18-10-4-2-9(15)3-5-10/h2-5,11H,6H2,1H3,(H,17,19)(H,18,20). The van der Waals surface area contributed by atoms with Crippen LogP contribution in [0.1, 0.15) is 13.3 Å². The third-order valence-electron chi connectivity index (χ3n) is 3.02. The van der Waals surface area contributed by atoms with E-state index in [0.29, 0.717) is 16.4 Å². The molecule has 0 fully saturated rings. The van der Waals surface area contributed by atoms with Crippen LogP contribution in [0.4, 0.5) is 5.69 Å².